The van der Waals surface area contributed by atoms with Crippen molar-refractivity contribution >= 4 is 27.8 Å². The highest BCUT2D eigenvalue weighted by Crippen LogP contribution is 2.42. The molecule has 0 aliphatic carbocycles. The summed E-state index contributed by atoms with van der Waals surface area (Å²) in [5.41, 5.74) is -0.980. The maximum absolute atomic E-state index is 12.1. The molecule has 0 aromatic carbocycles. The van der Waals surface area contributed by atoms with E-state index < -0.39 is 15.8 Å². The average molecular weight is 398 g/mol. The number of hydrogen-bond acceptors (Lipinski definition) is 7. The fourth-order valence-corrected chi connectivity index (χ4v) is 3.72. The number of nitrogens with one attached hydrogen (secondary N) is 2. The smallest absolute Gasteiger partial charge is 0.274 e. The fourth-order valence-electron chi connectivity index (χ4n) is 3.34. The summed E-state index contributed by atoms with van der Waals surface area (Å²) in [7, 11) is -3.66. The summed E-state index contributed by atoms with van der Waals surface area (Å²) in [6.45, 7) is 7.35. The van der Waals surface area contributed by atoms with Gasteiger partial charge in [-0.15, -0.1) is 0 Å². The van der Waals surface area contributed by atoms with Gasteiger partial charge < -0.3 is 15.0 Å². The minimum Gasteiger partial charge on any atom is -0.470 e. The Morgan fingerprint density at radius 2 is 1.96 bits per heavy atom. The number of anilines is 2. The Hall–Kier alpha value is -1.98. The first-order valence-corrected chi connectivity index (χ1v) is 10.4. The van der Waals surface area contributed by atoms with Crippen LogP contribution >= 0.6 is 0 Å². The van der Waals surface area contributed by atoms with Crippen LogP contribution in [-0.4, -0.2) is 49.5 Å². The summed E-state index contributed by atoms with van der Waals surface area (Å²) < 4.78 is 30.3. The van der Waals surface area contributed by atoms with Crippen molar-refractivity contribution in [3.8, 4) is 5.75 Å². The normalized spacial score (nSPS) is 21.2. The molecule has 0 radical (unpaired) electrons. The lowest BCUT2D eigenvalue weighted by atomic mass is 9.77. The SMILES string of the molecule is CC1(CCNS(N)(=O)=O)CCN(c2ncnc3c2OC(C)(C)C(=O)N3)CC1. The number of nitrogens with zero attached hydrogens (tertiary/aromatic N) is 3. The van der Waals surface area contributed by atoms with E-state index in [1.165, 1.54) is 6.33 Å². The van der Waals surface area contributed by atoms with E-state index in [1.54, 1.807) is 13.8 Å². The zero-order chi connectivity index (χ0) is 19.9. The molecule has 0 saturated carbocycles. The van der Waals surface area contributed by atoms with Crippen molar-refractivity contribution in [1.82, 2.24) is 14.7 Å². The third-order valence-corrected chi connectivity index (χ3v) is 5.83. The first kappa shape index (κ1) is 19.8. The van der Waals surface area contributed by atoms with Gasteiger partial charge in [0, 0.05) is 19.6 Å². The van der Waals surface area contributed by atoms with Gasteiger partial charge in [-0.05, 0) is 38.5 Å². The van der Waals surface area contributed by atoms with Crippen LogP contribution in [0.25, 0.3) is 0 Å². The summed E-state index contributed by atoms with van der Waals surface area (Å²) in [6, 6.07) is 0. The molecular weight excluding hydrogens is 372 g/mol. The van der Waals surface area contributed by atoms with Gasteiger partial charge in [-0.25, -0.2) is 19.8 Å². The largest absolute Gasteiger partial charge is 0.470 e. The van der Waals surface area contributed by atoms with Crippen LogP contribution in [0.1, 0.15) is 40.0 Å². The summed E-state index contributed by atoms with van der Waals surface area (Å²) >= 11 is 0. The highest BCUT2D eigenvalue weighted by Gasteiger charge is 2.39. The van der Waals surface area contributed by atoms with E-state index in [0.29, 0.717) is 30.4 Å². The summed E-state index contributed by atoms with van der Waals surface area (Å²) in [6.07, 6.45) is 3.86. The topological polar surface area (TPSA) is 140 Å². The van der Waals surface area contributed by atoms with Crippen molar-refractivity contribution < 1.29 is 17.9 Å². The zero-order valence-corrected chi connectivity index (χ0v) is 16.6. The summed E-state index contributed by atoms with van der Waals surface area (Å²) in [5, 5.41) is 7.75. The van der Waals surface area contributed by atoms with Crippen LogP contribution in [0.4, 0.5) is 11.6 Å². The highest BCUT2D eigenvalue weighted by atomic mass is 32.2. The number of fused-ring (bicyclic) bond motifs is 1. The van der Waals surface area contributed by atoms with E-state index in [0.717, 1.165) is 25.9 Å². The fraction of sp³-hybridized carbons (Fsp3) is 0.688. The van der Waals surface area contributed by atoms with E-state index >= 15 is 0 Å². The van der Waals surface area contributed by atoms with Gasteiger partial charge in [0.25, 0.3) is 16.1 Å². The molecule has 0 atom stereocenters. The molecule has 0 spiro atoms. The van der Waals surface area contributed by atoms with E-state index in [1.807, 2.05) is 0 Å². The van der Waals surface area contributed by atoms with E-state index in [4.69, 9.17) is 9.88 Å². The molecule has 3 heterocycles. The number of piperidine rings is 1. The Balaban J connectivity index is 1.69. The van der Waals surface area contributed by atoms with E-state index in [2.05, 4.69) is 31.8 Å². The van der Waals surface area contributed by atoms with Crippen molar-refractivity contribution in [1.29, 1.82) is 0 Å². The van der Waals surface area contributed by atoms with Crippen molar-refractivity contribution in [3.05, 3.63) is 6.33 Å². The molecule has 2 aliphatic heterocycles. The molecule has 4 N–H and O–H groups in total. The van der Waals surface area contributed by atoms with Crippen molar-refractivity contribution in [2.45, 2.75) is 45.6 Å². The van der Waals surface area contributed by atoms with Gasteiger partial charge in [0.05, 0.1) is 0 Å². The van der Waals surface area contributed by atoms with Crippen LogP contribution in [0, 0.1) is 5.41 Å². The highest BCUT2D eigenvalue weighted by molar-refractivity contribution is 7.87. The number of hydrogen-bond donors (Lipinski definition) is 3. The summed E-state index contributed by atoms with van der Waals surface area (Å²) in [5.74, 6) is 1.29. The Morgan fingerprint density at radius 1 is 1.30 bits per heavy atom. The van der Waals surface area contributed by atoms with Crippen LogP contribution in [0.5, 0.6) is 5.75 Å². The first-order valence-electron chi connectivity index (χ1n) is 8.87. The monoisotopic (exact) mass is 398 g/mol. The van der Waals surface area contributed by atoms with Gasteiger partial charge in [0.15, 0.2) is 17.2 Å². The average Bonchev–Trinajstić information content (AvgIpc) is 2.55. The Morgan fingerprint density at radius 3 is 2.59 bits per heavy atom. The van der Waals surface area contributed by atoms with Crippen LogP contribution in [0.15, 0.2) is 6.33 Å². The number of nitrogens with two attached hydrogens (primary N) is 1. The molecule has 11 heteroatoms. The van der Waals surface area contributed by atoms with E-state index in [-0.39, 0.29) is 11.3 Å². The molecule has 150 valence electrons. The Labute approximate surface area is 159 Å². The molecule has 0 unspecified atom stereocenters. The number of rotatable bonds is 5. The lowest BCUT2D eigenvalue weighted by Gasteiger charge is -2.41. The van der Waals surface area contributed by atoms with Gasteiger partial charge in [0.1, 0.15) is 6.33 Å². The Bertz CT molecular complexity index is 833. The van der Waals surface area contributed by atoms with Gasteiger partial charge in [-0.2, -0.15) is 8.42 Å². The second-order valence-corrected chi connectivity index (χ2v) is 9.31. The van der Waals surface area contributed by atoms with Crippen LogP contribution in [0.3, 0.4) is 0 Å². The lowest BCUT2D eigenvalue weighted by molar-refractivity contribution is -0.129. The third kappa shape index (κ3) is 4.47. The molecule has 10 nitrogen and oxygen atoms in total. The van der Waals surface area contributed by atoms with Crippen molar-refractivity contribution in [2.75, 3.05) is 29.9 Å². The van der Waals surface area contributed by atoms with Gasteiger partial charge >= 0.3 is 0 Å². The van der Waals surface area contributed by atoms with Gasteiger partial charge in [-0.1, -0.05) is 6.92 Å². The molecule has 1 saturated heterocycles. The number of carbonyl (C=O) groups is 1. The van der Waals surface area contributed by atoms with Crippen LogP contribution < -0.4 is 24.8 Å². The number of carbonyl (C=O) groups excluding carboxylic acids is 1. The zero-order valence-electron chi connectivity index (χ0n) is 15.8. The maximum Gasteiger partial charge on any atom is 0.274 e. The maximum atomic E-state index is 12.1. The summed E-state index contributed by atoms with van der Waals surface area (Å²) in [4.78, 5) is 22.7. The molecule has 1 aromatic heterocycles. The first-order chi connectivity index (χ1) is 12.5. The van der Waals surface area contributed by atoms with Gasteiger partial charge in [-0.3, -0.25) is 4.79 Å². The Kier molecular flexibility index (Phi) is 5.04. The molecule has 2 aliphatic rings. The quantitative estimate of drug-likeness (QED) is 0.651. The number of aromatic nitrogens is 2. The minimum atomic E-state index is -3.66. The van der Waals surface area contributed by atoms with Crippen molar-refractivity contribution in [2.24, 2.45) is 10.6 Å². The molecule has 1 aromatic rings. The number of amides is 1. The second-order valence-electron chi connectivity index (χ2n) is 7.93. The van der Waals surface area contributed by atoms with Crippen LogP contribution in [-0.2, 0) is 15.0 Å². The number of ether oxygens (including phenoxy) is 1. The predicted molar refractivity (Wildman–Crippen MR) is 101 cm³/mol. The lowest BCUT2D eigenvalue weighted by Crippen LogP contribution is -2.47. The minimum absolute atomic E-state index is 0.00955. The molecule has 1 amide bonds. The molecule has 3 rings (SSSR count). The van der Waals surface area contributed by atoms with Crippen molar-refractivity contribution in [3.63, 3.8) is 0 Å². The molecule has 1 fully saturated rings. The molecule has 0 bridgehead atoms. The molecular formula is C16H26N6O4S. The standard InChI is InChI=1S/C16H26N6O4S/c1-15(2)14(23)21-12-11(26-15)13(19-10-18-12)22-8-5-16(3,6-9-22)4-7-20-27(17,24)25/h10,20H,4-9H2,1-3H3,(H2,17,24,25)(H,18,19,21,23). The second kappa shape index (κ2) is 6.88. The van der Waals surface area contributed by atoms with Crippen LogP contribution in [0.2, 0.25) is 0 Å². The third-order valence-electron chi connectivity index (χ3n) is 5.22. The van der Waals surface area contributed by atoms with E-state index in [9.17, 15) is 13.2 Å². The van der Waals surface area contributed by atoms with Gasteiger partial charge in [0.2, 0.25) is 5.75 Å². The molecule has 27 heavy (non-hydrogen) atoms. The predicted octanol–water partition coefficient (Wildman–Crippen LogP) is 0.376.